The predicted molar refractivity (Wildman–Crippen MR) is 103 cm³/mol. The molecular formula is C21H26N2O3. The molecule has 0 bridgehead atoms. The number of ether oxygens (including phenoxy) is 2. The van der Waals surface area contributed by atoms with Gasteiger partial charge in [0.2, 0.25) is 5.91 Å². The van der Waals surface area contributed by atoms with Crippen molar-refractivity contribution in [2.24, 2.45) is 0 Å². The number of methoxy groups -OCH3 is 2. The van der Waals surface area contributed by atoms with Gasteiger partial charge in [0.15, 0.2) is 11.5 Å². The molecule has 1 amide bonds. The molecule has 5 heteroatoms. The molecule has 1 heterocycles. The van der Waals surface area contributed by atoms with Crippen LogP contribution in [0.3, 0.4) is 0 Å². The summed E-state index contributed by atoms with van der Waals surface area (Å²) in [4.78, 5) is 14.7. The SMILES string of the molecule is COc1cc2c(cc1OC)[C@H](C)N(CC(=O)Nc1cccc(C)c1)CC2. The van der Waals surface area contributed by atoms with Crippen molar-refractivity contribution in [2.75, 3.05) is 32.6 Å². The van der Waals surface area contributed by atoms with E-state index in [0.29, 0.717) is 6.54 Å². The van der Waals surface area contributed by atoms with Gasteiger partial charge in [0, 0.05) is 18.3 Å². The lowest BCUT2D eigenvalue weighted by Crippen LogP contribution is -2.39. The Bertz CT molecular complexity index is 804. The molecule has 5 nitrogen and oxygen atoms in total. The van der Waals surface area contributed by atoms with Gasteiger partial charge in [-0.1, -0.05) is 12.1 Å². The molecule has 0 aliphatic carbocycles. The quantitative estimate of drug-likeness (QED) is 0.892. The number of carbonyl (C=O) groups is 1. The lowest BCUT2D eigenvalue weighted by molar-refractivity contribution is -0.117. The zero-order valence-corrected chi connectivity index (χ0v) is 15.8. The van der Waals surface area contributed by atoms with Crippen LogP contribution in [0.2, 0.25) is 0 Å². The van der Waals surface area contributed by atoms with Crippen molar-refractivity contribution in [1.29, 1.82) is 0 Å². The van der Waals surface area contributed by atoms with Gasteiger partial charge in [0.05, 0.1) is 20.8 Å². The molecule has 0 saturated heterocycles. The molecule has 0 spiro atoms. The Morgan fingerprint density at radius 1 is 1.19 bits per heavy atom. The first-order valence-electron chi connectivity index (χ1n) is 8.87. The van der Waals surface area contributed by atoms with Crippen molar-refractivity contribution in [3.05, 3.63) is 53.1 Å². The standard InChI is InChI=1S/C21H26N2O3/c1-14-6-5-7-17(10-14)22-21(24)13-23-9-8-16-11-19(25-3)20(26-4)12-18(16)15(23)2/h5-7,10-12,15H,8-9,13H2,1-4H3,(H,22,24)/t15-/m0/s1. The number of fused-ring (bicyclic) bond motifs is 1. The van der Waals surface area contributed by atoms with Gasteiger partial charge in [-0.2, -0.15) is 0 Å². The molecule has 1 aliphatic rings. The topological polar surface area (TPSA) is 50.8 Å². The maximum Gasteiger partial charge on any atom is 0.238 e. The summed E-state index contributed by atoms with van der Waals surface area (Å²) in [7, 11) is 3.29. The number of benzene rings is 2. The Labute approximate surface area is 154 Å². The molecule has 0 saturated carbocycles. The van der Waals surface area contributed by atoms with E-state index in [1.165, 1.54) is 11.1 Å². The Morgan fingerprint density at radius 2 is 1.92 bits per heavy atom. The van der Waals surface area contributed by atoms with Gasteiger partial charge in [-0.05, 0) is 61.2 Å². The van der Waals surface area contributed by atoms with E-state index in [1.807, 2.05) is 37.3 Å². The molecule has 0 unspecified atom stereocenters. The first-order chi connectivity index (χ1) is 12.5. The van der Waals surface area contributed by atoms with Crippen LogP contribution in [-0.2, 0) is 11.2 Å². The third-order valence-corrected chi connectivity index (χ3v) is 4.96. The van der Waals surface area contributed by atoms with E-state index in [4.69, 9.17) is 9.47 Å². The summed E-state index contributed by atoms with van der Waals surface area (Å²) in [6.45, 7) is 5.35. The van der Waals surface area contributed by atoms with Gasteiger partial charge in [-0.25, -0.2) is 0 Å². The summed E-state index contributed by atoms with van der Waals surface area (Å²) in [6, 6.07) is 12.1. The molecule has 138 valence electrons. The van der Waals surface area contributed by atoms with Crippen molar-refractivity contribution < 1.29 is 14.3 Å². The highest BCUT2D eigenvalue weighted by atomic mass is 16.5. The van der Waals surface area contributed by atoms with Gasteiger partial charge in [-0.3, -0.25) is 9.69 Å². The molecule has 2 aromatic carbocycles. The average Bonchev–Trinajstić information content (AvgIpc) is 2.63. The van der Waals surface area contributed by atoms with E-state index < -0.39 is 0 Å². The monoisotopic (exact) mass is 354 g/mol. The normalized spacial score (nSPS) is 16.7. The molecule has 0 fully saturated rings. The third kappa shape index (κ3) is 3.83. The number of hydrogen-bond acceptors (Lipinski definition) is 4. The lowest BCUT2D eigenvalue weighted by Gasteiger charge is -2.35. The Hall–Kier alpha value is -2.53. The average molecular weight is 354 g/mol. The van der Waals surface area contributed by atoms with Crippen molar-refractivity contribution >= 4 is 11.6 Å². The maximum atomic E-state index is 12.5. The number of carbonyl (C=O) groups excluding carboxylic acids is 1. The van der Waals surface area contributed by atoms with Crippen molar-refractivity contribution in [1.82, 2.24) is 4.90 Å². The number of nitrogens with zero attached hydrogens (tertiary/aromatic N) is 1. The highest BCUT2D eigenvalue weighted by Crippen LogP contribution is 2.37. The van der Waals surface area contributed by atoms with Gasteiger partial charge in [0.1, 0.15) is 0 Å². The maximum absolute atomic E-state index is 12.5. The van der Waals surface area contributed by atoms with Crippen LogP contribution in [0.5, 0.6) is 11.5 Å². The largest absolute Gasteiger partial charge is 0.493 e. The summed E-state index contributed by atoms with van der Waals surface area (Å²) in [5.74, 6) is 1.49. The number of nitrogens with one attached hydrogen (secondary N) is 1. The van der Waals surface area contributed by atoms with Crippen LogP contribution in [0, 0.1) is 6.92 Å². The smallest absolute Gasteiger partial charge is 0.238 e. The molecule has 0 aromatic heterocycles. The van der Waals surface area contributed by atoms with E-state index in [2.05, 4.69) is 23.2 Å². The highest BCUT2D eigenvalue weighted by Gasteiger charge is 2.27. The summed E-state index contributed by atoms with van der Waals surface area (Å²) < 4.78 is 10.8. The van der Waals surface area contributed by atoms with Crippen LogP contribution >= 0.6 is 0 Å². The number of hydrogen-bond donors (Lipinski definition) is 1. The van der Waals surface area contributed by atoms with Gasteiger partial charge < -0.3 is 14.8 Å². The lowest BCUT2D eigenvalue weighted by atomic mass is 9.93. The van der Waals surface area contributed by atoms with Crippen LogP contribution in [0.1, 0.15) is 29.7 Å². The molecule has 0 radical (unpaired) electrons. The van der Waals surface area contributed by atoms with Crippen LogP contribution in [0.15, 0.2) is 36.4 Å². The second-order valence-corrected chi connectivity index (χ2v) is 6.72. The number of rotatable bonds is 5. The van der Waals surface area contributed by atoms with E-state index in [0.717, 1.165) is 35.7 Å². The summed E-state index contributed by atoms with van der Waals surface area (Å²) in [5, 5.41) is 2.99. The first kappa shape index (κ1) is 18.3. The van der Waals surface area contributed by atoms with Crippen molar-refractivity contribution in [2.45, 2.75) is 26.3 Å². The molecule has 1 aliphatic heterocycles. The fraction of sp³-hybridized carbons (Fsp3) is 0.381. The van der Waals surface area contributed by atoms with E-state index in [9.17, 15) is 4.79 Å². The second kappa shape index (κ2) is 7.79. The molecule has 2 aromatic rings. The minimum absolute atomic E-state index is 0.00590. The van der Waals surface area contributed by atoms with Crippen LogP contribution in [0.4, 0.5) is 5.69 Å². The number of anilines is 1. The minimum atomic E-state index is 0.00590. The Kier molecular flexibility index (Phi) is 5.47. The fourth-order valence-corrected chi connectivity index (χ4v) is 3.52. The number of aryl methyl sites for hydroxylation is 1. The Morgan fingerprint density at radius 3 is 2.62 bits per heavy atom. The molecular weight excluding hydrogens is 328 g/mol. The minimum Gasteiger partial charge on any atom is -0.493 e. The van der Waals surface area contributed by atoms with Crippen molar-refractivity contribution in [3.8, 4) is 11.5 Å². The van der Waals surface area contributed by atoms with E-state index in [-0.39, 0.29) is 11.9 Å². The third-order valence-electron chi connectivity index (χ3n) is 4.96. The zero-order valence-electron chi connectivity index (χ0n) is 15.8. The van der Waals surface area contributed by atoms with Gasteiger partial charge in [0.25, 0.3) is 0 Å². The molecule has 3 rings (SSSR count). The molecule has 26 heavy (non-hydrogen) atoms. The molecule has 1 atom stereocenters. The number of amides is 1. The molecule has 1 N–H and O–H groups in total. The fourth-order valence-electron chi connectivity index (χ4n) is 3.52. The first-order valence-corrected chi connectivity index (χ1v) is 8.87. The van der Waals surface area contributed by atoms with Crippen LogP contribution < -0.4 is 14.8 Å². The van der Waals surface area contributed by atoms with E-state index >= 15 is 0 Å². The highest BCUT2D eigenvalue weighted by molar-refractivity contribution is 5.92. The van der Waals surface area contributed by atoms with Gasteiger partial charge in [-0.15, -0.1) is 0 Å². The Balaban J connectivity index is 1.72. The van der Waals surface area contributed by atoms with Gasteiger partial charge >= 0.3 is 0 Å². The van der Waals surface area contributed by atoms with E-state index in [1.54, 1.807) is 14.2 Å². The predicted octanol–water partition coefficient (Wildman–Crippen LogP) is 3.57. The second-order valence-electron chi connectivity index (χ2n) is 6.72. The summed E-state index contributed by atoms with van der Waals surface area (Å²) in [6.07, 6.45) is 0.887. The summed E-state index contributed by atoms with van der Waals surface area (Å²) in [5.41, 5.74) is 4.42. The van der Waals surface area contributed by atoms with Crippen molar-refractivity contribution in [3.63, 3.8) is 0 Å². The summed E-state index contributed by atoms with van der Waals surface area (Å²) >= 11 is 0. The van der Waals surface area contributed by atoms with Crippen LogP contribution in [0.25, 0.3) is 0 Å². The zero-order chi connectivity index (χ0) is 18.7. The van der Waals surface area contributed by atoms with Crippen LogP contribution in [-0.4, -0.2) is 38.1 Å².